The number of carboxylic acids is 1. The van der Waals surface area contributed by atoms with E-state index in [4.69, 9.17) is 9.84 Å². The van der Waals surface area contributed by atoms with Crippen LogP contribution in [-0.4, -0.2) is 47.6 Å². The SMILES string of the molecule is CC1(NCC(O)CC(=O)O)CCOC1. The van der Waals surface area contributed by atoms with Crippen molar-refractivity contribution in [3.05, 3.63) is 0 Å². The molecule has 0 saturated carbocycles. The molecular formula is C9H17NO4. The fraction of sp³-hybridized carbons (Fsp3) is 0.889. The summed E-state index contributed by atoms with van der Waals surface area (Å²) in [6, 6.07) is 0. The maximum Gasteiger partial charge on any atom is 0.306 e. The van der Waals surface area contributed by atoms with Crippen molar-refractivity contribution in [2.45, 2.75) is 31.4 Å². The van der Waals surface area contributed by atoms with Crippen molar-refractivity contribution in [1.82, 2.24) is 5.32 Å². The van der Waals surface area contributed by atoms with Crippen molar-refractivity contribution in [1.29, 1.82) is 0 Å². The van der Waals surface area contributed by atoms with Crippen LogP contribution in [0, 0.1) is 0 Å². The number of aliphatic carboxylic acids is 1. The van der Waals surface area contributed by atoms with Gasteiger partial charge in [-0.15, -0.1) is 0 Å². The number of nitrogens with one attached hydrogen (secondary N) is 1. The number of ether oxygens (including phenoxy) is 1. The van der Waals surface area contributed by atoms with E-state index in [9.17, 15) is 9.90 Å². The van der Waals surface area contributed by atoms with Crippen molar-refractivity contribution in [2.24, 2.45) is 0 Å². The van der Waals surface area contributed by atoms with Crippen LogP contribution in [0.1, 0.15) is 19.8 Å². The summed E-state index contributed by atoms with van der Waals surface area (Å²) < 4.78 is 5.21. The summed E-state index contributed by atoms with van der Waals surface area (Å²) in [5, 5.41) is 20.9. The molecule has 2 atom stereocenters. The molecule has 3 N–H and O–H groups in total. The maximum absolute atomic E-state index is 10.3. The van der Waals surface area contributed by atoms with Crippen molar-refractivity contribution in [2.75, 3.05) is 19.8 Å². The molecule has 1 aliphatic heterocycles. The molecule has 14 heavy (non-hydrogen) atoms. The minimum atomic E-state index is -0.980. The first-order valence-corrected chi connectivity index (χ1v) is 4.74. The van der Waals surface area contributed by atoms with E-state index in [0.717, 1.165) is 13.0 Å². The van der Waals surface area contributed by atoms with Gasteiger partial charge in [-0.05, 0) is 13.3 Å². The van der Waals surface area contributed by atoms with Crippen molar-refractivity contribution in [3.8, 4) is 0 Å². The van der Waals surface area contributed by atoms with Crippen LogP contribution in [0.2, 0.25) is 0 Å². The largest absolute Gasteiger partial charge is 0.481 e. The highest BCUT2D eigenvalue weighted by Crippen LogP contribution is 2.17. The van der Waals surface area contributed by atoms with Crippen LogP contribution in [0.4, 0.5) is 0 Å². The molecule has 0 aliphatic carbocycles. The molecule has 0 aromatic carbocycles. The first-order valence-electron chi connectivity index (χ1n) is 4.74. The van der Waals surface area contributed by atoms with Crippen LogP contribution in [0.3, 0.4) is 0 Å². The first kappa shape index (κ1) is 11.4. The molecule has 82 valence electrons. The zero-order valence-corrected chi connectivity index (χ0v) is 8.32. The van der Waals surface area contributed by atoms with Crippen LogP contribution >= 0.6 is 0 Å². The lowest BCUT2D eigenvalue weighted by Gasteiger charge is -2.24. The van der Waals surface area contributed by atoms with E-state index in [1.807, 2.05) is 6.92 Å². The average molecular weight is 203 g/mol. The number of hydrogen-bond donors (Lipinski definition) is 3. The topological polar surface area (TPSA) is 78.8 Å². The number of β-amino-alcohol motifs (C(OH)–C–C–N with tert-alkyl or cyclic N) is 1. The zero-order chi connectivity index (χ0) is 10.6. The van der Waals surface area contributed by atoms with E-state index in [1.54, 1.807) is 0 Å². The number of hydrogen-bond acceptors (Lipinski definition) is 4. The average Bonchev–Trinajstić information content (AvgIpc) is 2.49. The molecule has 0 aromatic rings. The van der Waals surface area contributed by atoms with Crippen molar-refractivity contribution < 1.29 is 19.7 Å². The Bertz CT molecular complexity index is 201. The Morgan fingerprint density at radius 3 is 2.93 bits per heavy atom. The second-order valence-electron chi connectivity index (χ2n) is 4.00. The standard InChI is InChI=1S/C9H17NO4/c1-9(2-3-14-6-9)10-5-7(11)4-8(12)13/h7,10-11H,2-6H2,1H3,(H,12,13). The third kappa shape index (κ3) is 3.61. The van der Waals surface area contributed by atoms with Gasteiger partial charge in [0.2, 0.25) is 0 Å². The molecule has 5 heteroatoms. The van der Waals surface area contributed by atoms with Crippen LogP contribution in [-0.2, 0) is 9.53 Å². The lowest BCUT2D eigenvalue weighted by Crippen LogP contribution is -2.46. The van der Waals surface area contributed by atoms with Gasteiger partial charge in [-0.2, -0.15) is 0 Å². The maximum atomic E-state index is 10.3. The van der Waals surface area contributed by atoms with E-state index in [0.29, 0.717) is 13.2 Å². The summed E-state index contributed by atoms with van der Waals surface area (Å²) in [6.45, 7) is 3.64. The highest BCUT2D eigenvalue weighted by Gasteiger charge is 2.29. The lowest BCUT2D eigenvalue weighted by molar-refractivity contribution is -0.139. The molecule has 0 aromatic heterocycles. The van der Waals surface area contributed by atoms with Gasteiger partial charge in [0.05, 0.1) is 19.1 Å². The molecule has 2 unspecified atom stereocenters. The fourth-order valence-electron chi connectivity index (χ4n) is 1.44. The Balaban J connectivity index is 2.22. The van der Waals surface area contributed by atoms with E-state index < -0.39 is 12.1 Å². The molecule has 1 fully saturated rings. The van der Waals surface area contributed by atoms with Gasteiger partial charge in [0.25, 0.3) is 0 Å². The van der Waals surface area contributed by atoms with Crippen LogP contribution < -0.4 is 5.32 Å². The van der Waals surface area contributed by atoms with E-state index >= 15 is 0 Å². The molecule has 1 aliphatic rings. The number of carboxylic acid groups (broad SMARTS) is 1. The molecule has 0 bridgehead atoms. The summed E-state index contributed by atoms with van der Waals surface area (Å²) in [5.41, 5.74) is -0.112. The predicted octanol–water partition coefficient (Wildman–Crippen LogP) is -0.409. The molecule has 1 saturated heterocycles. The Labute approximate surface area is 83.1 Å². The van der Waals surface area contributed by atoms with Gasteiger partial charge in [0, 0.05) is 18.7 Å². The Kier molecular flexibility index (Phi) is 3.86. The third-order valence-electron chi connectivity index (χ3n) is 2.39. The highest BCUT2D eigenvalue weighted by atomic mass is 16.5. The lowest BCUT2D eigenvalue weighted by atomic mass is 10.0. The predicted molar refractivity (Wildman–Crippen MR) is 50.1 cm³/mol. The summed E-state index contributed by atoms with van der Waals surface area (Å²) in [7, 11) is 0. The number of rotatable bonds is 5. The monoisotopic (exact) mass is 203 g/mol. The molecule has 0 radical (unpaired) electrons. The molecule has 0 spiro atoms. The number of carbonyl (C=O) groups is 1. The summed E-state index contributed by atoms with van der Waals surface area (Å²) in [5.74, 6) is -0.980. The number of aliphatic hydroxyl groups is 1. The first-order chi connectivity index (χ1) is 6.52. The molecule has 1 heterocycles. The summed E-state index contributed by atoms with van der Waals surface area (Å²) in [4.78, 5) is 10.3. The molecular weight excluding hydrogens is 186 g/mol. The molecule has 1 rings (SSSR count). The van der Waals surface area contributed by atoms with Gasteiger partial charge >= 0.3 is 5.97 Å². The van der Waals surface area contributed by atoms with Gasteiger partial charge in [-0.3, -0.25) is 4.79 Å². The minimum absolute atomic E-state index is 0.112. The Morgan fingerprint density at radius 1 is 1.71 bits per heavy atom. The normalized spacial score (nSPS) is 29.0. The summed E-state index contributed by atoms with van der Waals surface area (Å²) in [6.07, 6.45) is -0.151. The quantitative estimate of drug-likeness (QED) is 0.566. The van der Waals surface area contributed by atoms with E-state index in [-0.39, 0.29) is 12.0 Å². The molecule has 0 amide bonds. The third-order valence-corrected chi connectivity index (χ3v) is 2.39. The zero-order valence-electron chi connectivity index (χ0n) is 8.32. The molecule has 5 nitrogen and oxygen atoms in total. The van der Waals surface area contributed by atoms with Gasteiger partial charge in [-0.25, -0.2) is 0 Å². The van der Waals surface area contributed by atoms with Gasteiger partial charge in [-0.1, -0.05) is 0 Å². The fourth-order valence-corrected chi connectivity index (χ4v) is 1.44. The number of aliphatic hydroxyl groups excluding tert-OH is 1. The van der Waals surface area contributed by atoms with Crippen LogP contribution in [0.5, 0.6) is 0 Å². The van der Waals surface area contributed by atoms with Crippen LogP contribution in [0.25, 0.3) is 0 Å². The minimum Gasteiger partial charge on any atom is -0.481 e. The van der Waals surface area contributed by atoms with Gasteiger partial charge < -0.3 is 20.3 Å². The second-order valence-corrected chi connectivity index (χ2v) is 4.00. The summed E-state index contributed by atoms with van der Waals surface area (Å²) >= 11 is 0. The second kappa shape index (κ2) is 4.72. The van der Waals surface area contributed by atoms with Gasteiger partial charge in [0.15, 0.2) is 0 Å². The highest BCUT2D eigenvalue weighted by molar-refractivity contribution is 5.67. The van der Waals surface area contributed by atoms with Crippen molar-refractivity contribution >= 4 is 5.97 Å². The smallest absolute Gasteiger partial charge is 0.306 e. The van der Waals surface area contributed by atoms with E-state index in [2.05, 4.69) is 5.32 Å². The van der Waals surface area contributed by atoms with Crippen LogP contribution in [0.15, 0.2) is 0 Å². The Morgan fingerprint density at radius 2 is 2.43 bits per heavy atom. The van der Waals surface area contributed by atoms with Gasteiger partial charge in [0.1, 0.15) is 0 Å². The van der Waals surface area contributed by atoms with Crippen molar-refractivity contribution in [3.63, 3.8) is 0 Å². The Hall–Kier alpha value is -0.650. The van der Waals surface area contributed by atoms with E-state index in [1.165, 1.54) is 0 Å².